The lowest BCUT2D eigenvalue weighted by molar-refractivity contribution is -0.148. The fourth-order valence-corrected chi connectivity index (χ4v) is 2.72. The topological polar surface area (TPSA) is 72.0 Å². The van der Waals surface area contributed by atoms with Gasteiger partial charge in [-0.3, -0.25) is 9.88 Å². The van der Waals surface area contributed by atoms with Gasteiger partial charge in [0.1, 0.15) is 5.60 Å². The van der Waals surface area contributed by atoms with Gasteiger partial charge in [0, 0.05) is 32.4 Å². The minimum Gasteiger partial charge on any atom is -0.468 e. The molecule has 1 aromatic heterocycles. The molecule has 0 aromatic carbocycles. The van der Waals surface area contributed by atoms with Crippen molar-refractivity contribution in [2.75, 3.05) is 33.3 Å². The Morgan fingerprint density at radius 2 is 1.84 bits per heavy atom. The lowest BCUT2D eigenvalue weighted by Gasteiger charge is -2.38. The number of hydrogen-bond acceptors (Lipinski definition) is 6. The van der Waals surface area contributed by atoms with Gasteiger partial charge in [0.25, 0.3) is 0 Å². The molecule has 1 fully saturated rings. The predicted octanol–water partition coefficient (Wildman–Crippen LogP) is 2.50. The van der Waals surface area contributed by atoms with E-state index in [1.165, 1.54) is 13.3 Å². The van der Waals surface area contributed by atoms with Crippen molar-refractivity contribution in [3.63, 3.8) is 0 Å². The first-order valence-corrected chi connectivity index (χ1v) is 8.50. The fraction of sp³-hybridized carbons (Fsp3) is 0.588. The van der Waals surface area contributed by atoms with E-state index in [0.29, 0.717) is 36.9 Å². The average Bonchev–Trinajstić information content (AvgIpc) is 2.55. The maximum Gasteiger partial charge on any atom is 0.410 e. The van der Waals surface area contributed by atoms with Gasteiger partial charge >= 0.3 is 12.1 Å². The standard InChI is InChI=1S/C17H24ClN3O4/c1-17(2,3)25-16(23)21-9-7-20(8-10-21)14(15(22)24-4)13-6-5-12(18)11-19-13/h5-6,11,14H,7-10H2,1-4H3. The van der Waals surface area contributed by atoms with Gasteiger partial charge in [-0.2, -0.15) is 0 Å². The summed E-state index contributed by atoms with van der Waals surface area (Å²) in [6, 6.07) is 2.78. The second-order valence-electron chi connectivity index (χ2n) is 6.83. The third-order valence-electron chi connectivity index (χ3n) is 3.79. The third-order valence-corrected chi connectivity index (χ3v) is 4.01. The van der Waals surface area contributed by atoms with Crippen LogP contribution in [0, 0.1) is 0 Å². The highest BCUT2D eigenvalue weighted by Gasteiger charge is 2.34. The number of ether oxygens (including phenoxy) is 2. The van der Waals surface area contributed by atoms with Crippen LogP contribution in [-0.2, 0) is 14.3 Å². The molecule has 0 radical (unpaired) electrons. The van der Waals surface area contributed by atoms with Crippen LogP contribution >= 0.6 is 11.6 Å². The molecule has 25 heavy (non-hydrogen) atoms. The summed E-state index contributed by atoms with van der Waals surface area (Å²) in [7, 11) is 1.35. The van der Waals surface area contributed by atoms with Crippen LogP contribution in [0.3, 0.4) is 0 Å². The number of esters is 1. The van der Waals surface area contributed by atoms with Crippen molar-refractivity contribution in [3.8, 4) is 0 Å². The van der Waals surface area contributed by atoms with Crippen molar-refractivity contribution in [3.05, 3.63) is 29.0 Å². The largest absolute Gasteiger partial charge is 0.468 e. The number of methoxy groups -OCH3 is 1. The van der Waals surface area contributed by atoms with E-state index in [4.69, 9.17) is 21.1 Å². The highest BCUT2D eigenvalue weighted by Crippen LogP contribution is 2.23. The van der Waals surface area contributed by atoms with Crippen LogP contribution in [-0.4, -0.2) is 65.7 Å². The quantitative estimate of drug-likeness (QED) is 0.762. The second-order valence-corrected chi connectivity index (χ2v) is 7.27. The number of rotatable bonds is 3. The number of carbonyl (C=O) groups is 2. The zero-order valence-electron chi connectivity index (χ0n) is 15.0. The normalized spacial score (nSPS) is 17.1. The molecule has 1 aliphatic heterocycles. The molecule has 1 atom stereocenters. The van der Waals surface area contributed by atoms with Gasteiger partial charge in [-0.15, -0.1) is 0 Å². The van der Waals surface area contributed by atoms with Crippen molar-refractivity contribution in [1.82, 2.24) is 14.8 Å². The van der Waals surface area contributed by atoms with Crippen molar-refractivity contribution >= 4 is 23.7 Å². The molecule has 0 N–H and O–H groups in total. The monoisotopic (exact) mass is 369 g/mol. The number of halogens is 1. The number of aromatic nitrogens is 1. The van der Waals surface area contributed by atoms with Crippen molar-refractivity contribution in [2.45, 2.75) is 32.4 Å². The highest BCUT2D eigenvalue weighted by atomic mass is 35.5. The van der Waals surface area contributed by atoms with E-state index in [0.717, 1.165) is 0 Å². The van der Waals surface area contributed by atoms with E-state index in [1.54, 1.807) is 17.0 Å². The van der Waals surface area contributed by atoms with E-state index in [9.17, 15) is 9.59 Å². The van der Waals surface area contributed by atoms with Gasteiger partial charge in [-0.1, -0.05) is 11.6 Å². The number of piperazine rings is 1. The smallest absolute Gasteiger partial charge is 0.410 e. The van der Waals surface area contributed by atoms with Crippen LogP contribution in [0.2, 0.25) is 5.02 Å². The summed E-state index contributed by atoms with van der Waals surface area (Å²) in [5, 5.41) is 0.502. The molecular weight excluding hydrogens is 346 g/mol. The summed E-state index contributed by atoms with van der Waals surface area (Å²) >= 11 is 5.87. The van der Waals surface area contributed by atoms with Gasteiger partial charge in [-0.25, -0.2) is 9.59 Å². The summed E-state index contributed by atoms with van der Waals surface area (Å²) in [4.78, 5) is 32.2. The zero-order valence-corrected chi connectivity index (χ0v) is 15.7. The Morgan fingerprint density at radius 3 is 2.32 bits per heavy atom. The van der Waals surface area contributed by atoms with E-state index in [-0.39, 0.29) is 12.1 Å². The number of pyridine rings is 1. The van der Waals surface area contributed by atoms with Gasteiger partial charge < -0.3 is 14.4 Å². The summed E-state index contributed by atoms with van der Waals surface area (Å²) < 4.78 is 10.3. The Kier molecular flexibility index (Phi) is 6.24. The molecule has 2 heterocycles. The van der Waals surface area contributed by atoms with Gasteiger partial charge in [0.05, 0.1) is 17.8 Å². The van der Waals surface area contributed by atoms with E-state index in [1.807, 2.05) is 25.7 Å². The first-order chi connectivity index (χ1) is 11.7. The highest BCUT2D eigenvalue weighted by molar-refractivity contribution is 6.30. The fourth-order valence-electron chi connectivity index (χ4n) is 2.61. The van der Waals surface area contributed by atoms with Crippen LogP contribution in [0.25, 0.3) is 0 Å². The molecule has 0 spiro atoms. The Bertz CT molecular complexity index is 607. The maximum absolute atomic E-state index is 12.3. The number of amides is 1. The van der Waals surface area contributed by atoms with Crippen LogP contribution in [0.4, 0.5) is 4.79 Å². The number of nitrogens with zero attached hydrogens (tertiary/aromatic N) is 3. The lowest BCUT2D eigenvalue weighted by Crippen LogP contribution is -2.52. The minimum absolute atomic E-state index is 0.341. The number of hydrogen-bond donors (Lipinski definition) is 0. The van der Waals surface area contributed by atoms with E-state index >= 15 is 0 Å². The lowest BCUT2D eigenvalue weighted by atomic mass is 10.1. The van der Waals surface area contributed by atoms with Gasteiger partial charge in [0.15, 0.2) is 6.04 Å². The first kappa shape index (κ1) is 19.5. The molecule has 1 unspecified atom stereocenters. The Balaban J connectivity index is 2.06. The Labute approximate surface area is 152 Å². The summed E-state index contributed by atoms with van der Waals surface area (Å²) in [5.41, 5.74) is 0.0395. The number of carbonyl (C=O) groups excluding carboxylic acids is 2. The molecule has 1 amide bonds. The van der Waals surface area contributed by atoms with Crippen LogP contribution < -0.4 is 0 Å². The van der Waals surface area contributed by atoms with Crippen molar-refractivity contribution in [1.29, 1.82) is 0 Å². The second kappa shape index (κ2) is 8.01. The van der Waals surface area contributed by atoms with E-state index in [2.05, 4.69) is 4.98 Å². The predicted molar refractivity (Wildman–Crippen MR) is 93.4 cm³/mol. The van der Waals surface area contributed by atoms with E-state index < -0.39 is 11.6 Å². The van der Waals surface area contributed by atoms with Crippen molar-refractivity contribution in [2.24, 2.45) is 0 Å². The molecule has 8 heteroatoms. The first-order valence-electron chi connectivity index (χ1n) is 8.12. The molecular formula is C17H24ClN3O4. The third kappa shape index (κ3) is 5.31. The van der Waals surface area contributed by atoms with Gasteiger partial charge in [-0.05, 0) is 32.9 Å². The maximum atomic E-state index is 12.3. The molecule has 0 bridgehead atoms. The summed E-state index contributed by atoms with van der Waals surface area (Å²) in [6.45, 7) is 7.47. The Morgan fingerprint density at radius 1 is 1.20 bits per heavy atom. The molecule has 2 rings (SSSR count). The van der Waals surface area contributed by atoms with Crippen LogP contribution in [0.1, 0.15) is 32.5 Å². The van der Waals surface area contributed by atoms with Crippen LogP contribution in [0.5, 0.6) is 0 Å². The molecule has 1 saturated heterocycles. The molecule has 1 aromatic rings. The summed E-state index contributed by atoms with van der Waals surface area (Å²) in [5.74, 6) is -0.388. The molecule has 138 valence electrons. The molecule has 1 aliphatic rings. The molecule has 7 nitrogen and oxygen atoms in total. The van der Waals surface area contributed by atoms with Crippen LogP contribution in [0.15, 0.2) is 18.3 Å². The Hall–Kier alpha value is -1.86. The summed E-state index contributed by atoms with van der Waals surface area (Å²) in [6.07, 6.45) is 1.16. The van der Waals surface area contributed by atoms with Gasteiger partial charge in [0.2, 0.25) is 0 Å². The average molecular weight is 370 g/mol. The van der Waals surface area contributed by atoms with Crippen molar-refractivity contribution < 1.29 is 19.1 Å². The molecule has 0 saturated carbocycles. The minimum atomic E-state index is -0.622. The zero-order chi connectivity index (χ0) is 18.6. The SMILES string of the molecule is COC(=O)C(c1ccc(Cl)cn1)N1CCN(C(=O)OC(C)(C)C)CC1. The molecule has 0 aliphatic carbocycles.